The van der Waals surface area contributed by atoms with Crippen LogP contribution in [-0.2, 0) is 4.79 Å². The minimum absolute atomic E-state index is 0.0607. The molecule has 8 heteroatoms. The van der Waals surface area contributed by atoms with Gasteiger partial charge in [-0.2, -0.15) is 0 Å². The van der Waals surface area contributed by atoms with E-state index in [0.29, 0.717) is 19.4 Å². The number of amides is 1. The third kappa shape index (κ3) is 3.10. The van der Waals surface area contributed by atoms with Crippen molar-refractivity contribution in [3.8, 4) is 5.75 Å². The molecule has 112 valence electrons. The van der Waals surface area contributed by atoms with Gasteiger partial charge in [0.1, 0.15) is 0 Å². The first-order chi connectivity index (χ1) is 9.90. The highest BCUT2D eigenvalue weighted by Gasteiger charge is 2.29. The summed E-state index contributed by atoms with van der Waals surface area (Å²) >= 11 is 0. The second kappa shape index (κ2) is 5.78. The van der Waals surface area contributed by atoms with Crippen molar-refractivity contribution >= 4 is 17.6 Å². The maximum absolute atomic E-state index is 12.3. The lowest BCUT2D eigenvalue weighted by Gasteiger charge is -2.30. The number of nitro benzene ring substituents is 1. The molecule has 0 saturated carbocycles. The van der Waals surface area contributed by atoms with E-state index in [4.69, 9.17) is 5.11 Å². The van der Waals surface area contributed by atoms with Crippen LogP contribution < -0.4 is 0 Å². The third-order valence-corrected chi connectivity index (χ3v) is 3.48. The standard InChI is InChI=1S/C13H14N2O6/c16-11-4-3-8(6-10(11)15(20)21)12(17)14-5-1-2-9(7-14)13(18)19/h3-4,6,9,16H,1-2,5,7H2,(H,18,19). The summed E-state index contributed by atoms with van der Waals surface area (Å²) in [6.07, 6.45) is 1.08. The van der Waals surface area contributed by atoms with Crippen molar-refractivity contribution in [3.63, 3.8) is 0 Å². The van der Waals surface area contributed by atoms with Crippen LogP contribution in [0.5, 0.6) is 5.75 Å². The summed E-state index contributed by atoms with van der Waals surface area (Å²) in [5, 5.41) is 29.1. The van der Waals surface area contributed by atoms with Crippen LogP contribution in [0.1, 0.15) is 23.2 Å². The number of phenolic OH excluding ortho intramolecular Hbond substituents is 1. The lowest BCUT2D eigenvalue weighted by atomic mass is 9.97. The van der Waals surface area contributed by atoms with Crippen LogP contribution >= 0.6 is 0 Å². The van der Waals surface area contributed by atoms with E-state index in [0.717, 1.165) is 12.1 Å². The second-order valence-electron chi connectivity index (χ2n) is 4.89. The van der Waals surface area contributed by atoms with Gasteiger partial charge in [-0.3, -0.25) is 19.7 Å². The Morgan fingerprint density at radius 1 is 1.38 bits per heavy atom. The molecule has 1 aliphatic heterocycles. The zero-order valence-corrected chi connectivity index (χ0v) is 11.1. The van der Waals surface area contributed by atoms with Crippen molar-refractivity contribution < 1.29 is 24.7 Å². The Bertz CT molecular complexity index is 600. The number of nitrogens with zero attached hydrogens (tertiary/aromatic N) is 2. The first kappa shape index (κ1) is 14.8. The van der Waals surface area contributed by atoms with Crippen LogP contribution in [0.2, 0.25) is 0 Å². The molecule has 1 aromatic rings. The van der Waals surface area contributed by atoms with Gasteiger partial charge >= 0.3 is 11.7 Å². The molecule has 1 unspecified atom stereocenters. The van der Waals surface area contributed by atoms with Gasteiger partial charge in [-0.05, 0) is 25.0 Å². The van der Waals surface area contributed by atoms with Crippen molar-refractivity contribution in [2.45, 2.75) is 12.8 Å². The summed E-state index contributed by atoms with van der Waals surface area (Å²) in [7, 11) is 0. The van der Waals surface area contributed by atoms with Crippen LogP contribution in [0.15, 0.2) is 18.2 Å². The Hall–Kier alpha value is -2.64. The van der Waals surface area contributed by atoms with E-state index < -0.39 is 34.2 Å². The van der Waals surface area contributed by atoms with E-state index >= 15 is 0 Å². The number of aliphatic carboxylic acids is 1. The molecule has 2 rings (SSSR count). The highest BCUT2D eigenvalue weighted by molar-refractivity contribution is 5.95. The number of benzene rings is 1. The molecule has 1 heterocycles. The number of phenols is 1. The number of carbonyl (C=O) groups is 2. The molecule has 2 N–H and O–H groups in total. The van der Waals surface area contributed by atoms with Crippen LogP contribution in [0.25, 0.3) is 0 Å². The van der Waals surface area contributed by atoms with Gasteiger partial charge < -0.3 is 15.1 Å². The zero-order chi connectivity index (χ0) is 15.6. The van der Waals surface area contributed by atoms with Gasteiger partial charge in [0.2, 0.25) is 0 Å². The molecule has 0 spiro atoms. The van der Waals surface area contributed by atoms with Crippen LogP contribution in [-0.4, -0.2) is 45.0 Å². The van der Waals surface area contributed by atoms with Crippen molar-refractivity contribution in [3.05, 3.63) is 33.9 Å². The number of carbonyl (C=O) groups excluding carboxylic acids is 1. The highest BCUT2D eigenvalue weighted by Crippen LogP contribution is 2.27. The Balaban J connectivity index is 2.22. The van der Waals surface area contributed by atoms with E-state index in [1.807, 2.05) is 0 Å². The van der Waals surface area contributed by atoms with Crippen molar-refractivity contribution in [1.29, 1.82) is 0 Å². The van der Waals surface area contributed by atoms with Gasteiger partial charge in [0.15, 0.2) is 5.75 Å². The van der Waals surface area contributed by atoms with Gasteiger partial charge in [0.25, 0.3) is 5.91 Å². The van der Waals surface area contributed by atoms with Crippen molar-refractivity contribution in [1.82, 2.24) is 4.90 Å². The molecule has 0 bridgehead atoms. The maximum atomic E-state index is 12.3. The van der Waals surface area contributed by atoms with Gasteiger partial charge in [-0.1, -0.05) is 0 Å². The molecule has 0 aliphatic carbocycles. The minimum Gasteiger partial charge on any atom is -0.502 e. The summed E-state index contributed by atoms with van der Waals surface area (Å²) < 4.78 is 0. The molecule has 1 aromatic carbocycles. The number of likely N-dealkylation sites (tertiary alicyclic amines) is 1. The van der Waals surface area contributed by atoms with Gasteiger partial charge in [0, 0.05) is 24.7 Å². The quantitative estimate of drug-likeness (QED) is 0.639. The number of carboxylic acids is 1. The number of carboxylic acid groups (broad SMARTS) is 1. The summed E-state index contributed by atoms with van der Waals surface area (Å²) in [6.45, 7) is 0.500. The summed E-state index contributed by atoms with van der Waals surface area (Å²) in [6, 6.07) is 3.38. The SMILES string of the molecule is O=C(O)C1CCCN(C(=O)c2ccc(O)c([N+](=O)[O-])c2)C1. The van der Waals surface area contributed by atoms with Crippen LogP contribution in [0.4, 0.5) is 5.69 Å². The molecular weight excluding hydrogens is 280 g/mol. The van der Waals surface area contributed by atoms with Gasteiger partial charge in [-0.25, -0.2) is 0 Å². The zero-order valence-electron chi connectivity index (χ0n) is 11.1. The first-order valence-corrected chi connectivity index (χ1v) is 6.39. The van der Waals surface area contributed by atoms with Gasteiger partial charge in [-0.15, -0.1) is 0 Å². The average Bonchev–Trinajstić information content (AvgIpc) is 2.46. The van der Waals surface area contributed by atoms with Gasteiger partial charge in [0.05, 0.1) is 10.8 Å². The number of hydrogen-bond acceptors (Lipinski definition) is 5. The topological polar surface area (TPSA) is 121 Å². The number of piperidine rings is 1. The fourth-order valence-corrected chi connectivity index (χ4v) is 2.35. The maximum Gasteiger partial charge on any atom is 0.311 e. The lowest BCUT2D eigenvalue weighted by molar-refractivity contribution is -0.385. The summed E-state index contributed by atoms with van der Waals surface area (Å²) in [4.78, 5) is 34.6. The Morgan fingerprint density at radius 3 is 2.71 bits per heavy atom. The van der Waals surface area contributed by atoms with Crippen LogP contribution in [0, 0.1) is 16.0 Å². The second-order valence-corrected chi connectivity index (χ2v) is 4.89. The lowest BCUT2D eigenvalue weighted by Crippen LogP contribution is -2.42. The minimum atomic E-state index is -0.954. The number of rotatable bonds is 3. The molecule has 21 heavy (non-hydrogen) atoms. The summed E-state index contributed by atoms with van der Waals surface area (Å²) in [5.74, 6) is -2.55. The van der Waals surface area contributed by atoms with E-state index in [1.54, 1.807) is 0 Å². The molecule has 8 nitrogen and oxygen atoms in total. The molecule has 1 atom stereocenters. The number of hydrogen-bond donors (Lipinski definition) is 2. The molecular formula is C13H14N2O6. The van der Waals surface area contributed by atoms with Crippen LogP contribution in [0.3, 0.4) is 0 Å². The van der Waals surface area contributed by atoms with E-state index in [-0.39, 0.29) is 12.1 Å². The largest absolute Gasteiger partial charge is 0.502 e. The van der Waals surface area contributed by atoms with E-state index in [9.17, 15) is 24.8 Å². The molecule has 0 radical (unpaired) electrons. The third-order valence-electron chi connectivity index (χ3n) is 3.48. The fraction of sp³-hybridized carbons (Fsp3) is 0.385. The molecule has 1 fully saturated rings. The predicted octanol–water partition coefficient (Wildman–Crippen LogP) is 1.24. The average molecular weight is 294 g/mol. The Labute approximate surface area is 119 Å². The number of aromatic hydroxyl groups is 1. The smallest absolute Gasteiger partial charge is 0.311 e. The van der Waals surface area contributed by atoms with E-state index in [2.05, 4.69) is 0 Å². The first-order valence-electron chi connectivity index (χ1n) is 6.39. The summed E-state index contributed by atoms with van der Waals surface area (Å²) in [5.41, 5.74) is -0.488. The fourth-order valence-electron chi connectivity index (χ4n) is 2.35. The molecule has 1 aliphatic rings. The monoisotopic (exact) mass is 294 g/mol. The predicted molar refractivity (Wildman–Crippen MR) is 71.0 cm³/mol. The normalized spacial score (nSPS) is 18.3. The molecule has 1 amide bonds. The van der Waals surface area contributed by atoms with E-state index in [1.165, 1.54) is 11.0 Å². The molecule has 1 saturated heterocycles. The number of nitro groups is 1. The highest BCUT2D eigenvalue weighted by atomic mass is 16.6. The molecule has 0 aromatic heterocycles. The Morgan fingerprint density at radius 2 is 2.10 bits per heavy atom. The van der Waals surface area contributed by atoms with Crippen molar-refractivity contribution in [2.75, 3.05) is 13.1 Å². The van der Waals surface area contributed by atoms with Crippen molar-refractivity contribution in [2.24, 2.45) is 5.92 Å². The Kier molecular flexibility index (Phi) is 4.06.